The first-order chi connectivity index (χ1) is 61.8. The molecule has 0 radical (unpaired) electrons. The first-order valence-corrected chi connectivity index (χ1v) is 51.7. The number of aromatic nitrogens is 12. The van der Waals surface area contributed by atoms with Crippen LogP contribution in [-0.4, -0.2) is 272 Å². The Morgan fingerprint density at radius 2 is 0.276 bits per heavy atom. The molecule has 4 aromatic heterocycles. The van der Waals surface area contributed by atoms with Gasteiger partial charge in [0, 0.05) is 163 Å². The second-order valence-corrected chi connectivity index (χ2v) is 52.9. The maximum absolute atomic E-state index is 5.15. The highest BCUT2D eigenvalue weighted by Gasteiger charge is 2.47. The molecule has 12 rings (SSSR count). The first kappa shape index (κ1) is 106. The average Bonchev–Trinajstić information content (AvgIpc) is 0.805. The highest BCUT2D eigenvalue weighted by molar-refractivity contribution is 5.48. The summed E-state index contributed by atoms with van der Waals surface area (Å²) in [7, 11) is 0. The molecule has 0 amide bonds. The Hall–Kier alpha value is -6.76. The minimum absolute atomic E-state index is 0.0658. The van der Waals surface area contributed by atoms with Crippen molar-refractivity contribution in [2.45, 2.75) is 500 Å². The highest BCUT2D eigenvalue weighted by Crippen LogP contribution is 2.40. The van der Waals surface area contributed by atoms with Gasteiger partial charge in [-0.2, -0.15) is 59.8 Å². The van der Waals surface area contributed by atoms with Crippen molar-refractivity contribution in [3.05, 3.63) is 0 Å². The number of nitrogens with zero attached hydrogens (tertiary/aromatic N) is 14. The summed E-state index contributed by atoms with van der Waals surface area (Å²) in [5.74, 6) is 7.05. The predicted octanol–water partition coefficient (Wildman–Crippen LogP) is 14.9. The molecule has 34 heteroatoms. The fourth-order valence-electron chi connectivity index (χ4n) is 26.5. The average molecular weight is 1870 g/mol. The molecule has 0 unspecified atom stereocenters. The molecule has 0 saturated carbocycles. The van der Waals surface area contributed by atoms with Crippen molar-refractivity contribution in [3.8, 4) is 0 Å². The zero-order valence-corrected chi connectivity index (χ0v) is 89.5. The zero-order valence-electron chi connectivity index (χ0n) is 89.5. The lowest BCUT2D eigenvalue weighted by molar-refractivity contribution is 0.169. The van der Waals surface area contributed by atoms with Gasteiger partial charge < -0.3 is 116 Å². The van der Waals surface area contributed by atoms with Gasteiger partial charge in [-0.1, -0.05) is 0 Å². The Bertz CT molecular complexity index is 3560. The molecule has 134 heavy (non-hydrogen) atoms. The van der Waals surface area contributed by atoms with Crippen LogP contribution in [-0.2, 0) is 0 Å². The van der Waals surface area contributed by atoms with Crippen LogP contribution >= 0.6 is 0 Å². The first-order valence-electron chi connectivity index (χ1n) is 51.7. The Balaban J connectivity index is 0.788. The largest absolute Gasteiger partial charge is 0.354 e. The molecule has 20 N–H and O–H groups in total. The third-order valence-electron chi connectivity index (χ3n) is 27.7. The molecule has 8 aliphatic rings. The zero-order chi connectivity index (χ0) is 98.0. The van der Waals surface area contributed by atoms with Crippen LogP contribution in [0.1, 0.15) is 363 Å². The van der Waals surface area contributed by atoms with Crippen molar-refractivity contribution < 1.29 is 0 Å². The van der Waals surface area contributed by atoms with Crippen LogP contribution in [0.2, 0.25) is 0 Å². The molecule has 12 heterocycles. The lowest BCUT2D eigenvalue weighted by Crippen LogP contribution is -2.60. The van der Waals surface area contributed by atoms with Crippen molar-refractivity contribution in [1.29, 1.82) is 0 Å². The van der Waals surface area contributed by atoms with Gasteiger partial charge in [-0.25, -0.2) is 0 Å². The molecule has 8 saturated heterocycles. The van der Waals surface area contributed by atoms with Gasteiger partial charge in [0.2, 0.25) is 71.4 Å². The van der Waals surface area contributed by atoms with E-state index in [2.05, 4.69) is 338 Å². The molecule has 34 nitrogen and oxygen atoms in total. The van der Waals surface area contributed by atoms with Crippen molar-refractivity contribution in [2.24, 2.45) is 0 Å². The second-order valence-electron chi connectivity index (χ2n) is 52.9. The van der Waals surface area contributed by atoms with Gasteiger partial charge in [-0.3, -0.25) is 0 Å². The number of piperidine rings is 8. The number of hydrogen-bond acceptors (Lipinski definition) is 34. The van der Waals surface area contributed by atoms with Gasteiger partial charge in [0.1, 0.15) is 0 Å². The standard InChI is InChI=1S/C100H188N34/c1-85(2)49-65(50-86(3,4)125-85)105-77-113-73(114-78(121-77)106-66-51-87(5,6)126-88(7,8)52-66)101-39-35-45-133(46-36-40-102-74-115-79(107-67-53-89(9,10)127-90(11,12)54-67)122-80(116-74)108-68-55-91(13,14)128-92(15,16)56-68)43-33-34-44-134(47-37-41-103-75-117-81(109-69-57-93(17,18)129-94(19,20)58-69)123-82(118-75)110-70-59-95(21,22)130-96(23,24)60-70)48-38-42-104-76-119-83(111-71-61-97(25,26)131-98(27,28)62-71)124-84(120-76)112-72-63-99(29,30)132-100(31,32)64-72/h65-72,125-132H,33-64H2,1-32H3,(H3,101,105,106,113,114,121)(H3,102,107,108,115,116,122)(H3,103,109,110,117,118,123)(H3,104,111,112,119,120,124). The van der Waals surface area contributed by atoms with Crippen LogP contribution in [0, 0.1) is 0 Å². The van der Waals surface area contributed by atoms with E-state index < -0.39 is 0 Å². The molecule has 0 spiro atoms. The topological polar surface area (TPSA) is 402 Å². The number of nitrogens with one attached hydrogen (secondary N) is 20. The van der Waals surface area contributed by atoms with E-state index in [1.165, 1.54) is 0 Å². The van der Waals surface area contributed by atoms with Gasteiger partial charge >= 0.3 is 0 Å². The molecule has 758 valence electrons. The molecule has 0 atom stereocenters. The van der Waals surface area contributed by atoms with Gasteiger partial charge in [0.05, 0.1) is 0 Å². The molecule has 0 aromatic carbocycles. The Morgan fingerprint density at radius 1 is 0.172 bits per heavy atom. The van der Waals surface area contributed by atoms with E-state index in [1.54, 1.807) is 0 Å². The van der Waals surface area contributed by atoms with Crippen LogP contribution < -0.4 is 106 Å². The van der Waals surface area contributed by atoms with Crippen molar-refractivity contribution in [1.82, 2.24) is 112 Å². The molecule has 0 aliphatic carbocycles. The predicted molar refractivity (Wildman–Crippen MR) is 557 cm³/mol. The van der Waals surface area contributed by atoms with E-state index in [-0.39, 0.29) is 137 Å². The van der Waals surface area contributed by atoms with Crippen molar-refractivity contribution in [3.63, 3.8) is 0 Å². The number of anilines is 12. The van der Waals surface area contributed by atoms with Gasteiger partial charge in [-0.15, -0.1) is 0 Å². The summed E-state index contributed by atoms with van der Waals surface area (Å²) in [6, 6.07) is 1.35. The maximum Gasteiger partial charge on any atom is 0.229 e. The Labute approximate surface area is 808 Å². The maximum atomic E-state index is 5.15. The summed E-state index contributed by atoms with van der Waals surface area (Å²) in [4.78, 5) is 67.1. The highest BCUT2D eigenvalue weighted by atomic mass is 15.3. The molecule has 8 fully saturated rings. The summed E-state index contributed by atoms with van der Waals surface area (Å²) < 4.78 is 0. The minimum Gasteiger partial charge on any atom is -0.354 e. The van der Waals surface area contributed by atoms with Crippen LogP contribution in [0.3, 0.4) is 0 Å². The fraction of sp³-hybridized carbons (Fsp3) is 0.880. The monoisotopic (exact) mass is 1870 g/mol. The number of rotatable bonds is 41. The summed E-state index contributed by atoms with van der Waals surface area (Å²) in [6.45, 7) is 81.3. The van der Waals surface area contributed by atoms with Gasteiger partial charge in [-0.05, 0) is 402 Å². The molecular formula is C100H188N34. The lowest BCUT2D eigenvalue weighted by atomic mass is 9.79. The second kappa shape index (κ2) is 41.2. The van der Waals surface area contributed by atoms with Crippen molar-refractivity contribution >= 4 is 71.4 Å². The molecule has 4 aromatic rings. The van der Waals surface area contributed by atoms with E-state index in [0.717, 1.165) is 181 Å². The van der Waals surface area contributed by atoms with E-state index in [4.69, 9.17) is 59.8 Å². The SMILES string of the molecule is CC1(C)CC(Nc2nc(NCCCN(CCCCN(CCCNc3nc(NC4CC(C)(C)NC(C)(C)C4)nc(NC4CC(C)(C)NC(C)(C)C4)n3)CCCNc3nc(NC4CC(C)(C)NC(C)(C)C4)nc(NC4CC(C)(C)NC(C)(C)C4)n3)CCCNc3nc(NC4CC(C)(C)NC(C)(C)C4)nc(NC4CC(C)(C)NC(C)(C)C4)n3)nc(NC3CC(C)(C)NC(C)(C)C3)n2)CC(C)(C)N1. The van der Waals surface area contributed by atoms with E-state index >= 15 is 0 Å². The number of hydrogen-bond donors (Lipinski definition) is 20. The summed E-state index contributed by atoms with van der Waals surface area (Å²) in [6.07, 6.45) is 20.4. The van der Waals surface area contributed by atoms with E-state index in [9.17, 15) is 0 Å². The third kappa shape index (κ3) is 34.6. The van der Waals surface area contributed by atoms with Crippen molar-refractivity contribution in [2.75, 3.05) is 129 Å². The summed E-state index contributed by atoms with van der Waals surface area (Å²) in [5, 5.41) is 76.5. The Morgan fingerprint density at radius 3 is 0.396 bits per heavy atom. The van der Waals surface area contributed by atoms with Crippen LogP contribution in [0.4, 0.5) is 71.4 Å². The van der Waals surface area contributed by atoms with Crippen LogP contribution in [0.5, 0.6) is 0 Å². The smallest absolute Gasteiger partial charge is 0.229 e. The summed E-state index contributed by atoms with van der Waals surface area (Å²) in [5.41, 5.74) is -1.05. The molecule has 8 aliphatic heterocycles. The lowest BCUT2D eigenvalue weighted by Gasteiger charge is -2.47. The normalized spacial score (nSPS) is 24.6. The van der Waals surface area contributed by atoms with Crippen LogP contribution in [0.15, 0.2) is 0 Å². The van der Waals surface area contributed by atoms with Crippen LogP contribution in [0.25, 0.3) is 0 Å². The van der Waals surface area contributed by atoms with Gasteiger partial charge in [0.15, 0.2) is 0 Å². The third-order valence-corrected chi connectivity index (χ3v) is 27.7. The molecule has 0 bridgehead atoms. The Kier molecular flexibility index (Phi) is 32.6. The van der Waals surface area contributed by atoms with E-state index in [0.29, 0.717) is 97.6 Å². The minimum atomic E-state index is -0.0658. The molecular weight excluding hydrogens is 1680 g/mol. The number of unbranched alkanes of at least 4 members (excludes halogenated alkanes) is 1. The summed E-state index contributed by atoms with van der Waals surface area (Å²) >= 11 is 0. The van der Waals surface area contributed by atoms with Gasteiger partial charge in [0.25, 0.3) is 0 Å². The quantitative estimate of drug-likeness (QED) is 0.0184. The van der Waals surface area contributed by atoms with E-state index in [1.807, 2.05) is 0 Å². The fourth-order valence-corrected chi connectivity index (χ4v) is 26.5.